The molecule has 1 aliphatic carbocycles. The second-order valence-electron chi connectivity index (χ2n) is 7.75. The molecule has 3 aromatic rings. The molecule has 0 aromatic heterocycles. The summed E-state index contributed by atoms with van der Waals surface area (Å²) in [5.41, 5.74) is 2.31. The lowest BCUT2D eigenvalue weighted by molar-refractivity contribution is 0.102. The number of anilines is 2. The fourth-order valence-corrected chi connectivity index (χ4v) is 4.15. The van der Waals surface area contributed by atoms with Gasteiger partial charge in [-0.2, -0.15) is 0 Å². The van der Waals surface area contributed by atoms with Crippen LogP contribution >= 0.6 is 0 Å². The zero-order valence-corrected chi connectivity index (χ0v) is 18.1. The molecule has 32 heavy (non-hydrogen) atoms. The number of hydrogen-bond acceptors (Lipinski definition) is 4. The number of carbonyl (C=O) groups excluding carboxylic acids is 1. The average molecular weight is 455 g/mol. The van der Waals surface area contributed by atoms with Crippen LogP contribution in [-0.4, -0.2) is 20.9 Å². The number of nitrogens with one attached hydrogen (secondary N) is 2. The Morgan fingerprint density at radius 2 is 1.69 bits per heavy atom. The van der Waals surface area contributed by atoms with E-state index in [0.29, 0.717) is 29.5 Å². The van der Waals surface area contributed by atoms with Crippen molar-refractivity contribution in [2.24, 2.45) is 5.92 Å². The Bertz CT molecular complexity index is 1190. The highest BCUT2D eigenvalue weighted by Crippen LogP contribution is 2.29. The number of carbonyl (C=O) groups is 1. The van der Waals surface area contributed by atoms with Crippen LogP contribution in [0.15, 0.2) is 77.7 Å². The highest BCUT2D eigenvalue weighted by molar-refractivity contribution is 7.92. The third-order valence-corrected chi connectivity index (χ3v) is 6.42. The van der Waals surface area contributed by atoms with Crippen molar-refractivity contribution >= 4 is 27.3 Å². The van der Waals surface area contributed by atoms with Gasteiger partial charge in [0.1, 0.15) is 5.82 Å². The Morgan fingerprint density at radius 3 is 2.38 bits per heavy atom. The van der Waals surface area contributed by atoms with Gasteiger partial charge in [-0.25, -0.2) is 12.8 Å². The number of hydrogen-bond donors (Lipinski definition) is 2. The molecule has 0 spiro atoms. The molecule has 8 heteroatoms. The number of ether oxygens (including phenoxy) is 1. The van der Waals surface area contributed by atoms with Gasteiger partial charge in [0.2, 0.25) is 0 Å². The van der Waals surface area contributed by atoms with Gasteiger partial charge in [-0.05, 0) is 85.0 Å². The number of amides is 1. The predicted octanol–water partition coefficient (Wildman–Crippen LogP) is 4.81. The number of sulfonamides is 1. The molecular formula is C24H23FN2O4S. The van der Waals surface area contributed by atoms with Crippen LogP contribution in [0.3, 0.4) is 0 Å². The molecule has 2 N–H and O–H groups in total. The smallest absolute Gasteiger partial charge is 0.261 e. The van der Waals surface area contributed by atoms with Gasteiger partial charge in [0.15, 0.2) is 0 Å². The maximum absolute atomic E-state index is 13.0. The normalized spacial score (nSPS) is 13.5. The Labute approximate surface area is 186 Å². The Hall–Kier alpha value is -3.23. The van der Waals surface area contributed by atoms with Crippen molar-refractivity contribution < 1.29 is 22.3 Å². The molecule has 3 aromatic carbocycles. The zero-order valence-electron chi connectivity index (χ0n) is 17.3. The molecule has 4 rings (SSSR count). The molecule has 166 valence electrons. The van der Waals surface area contributed by atoms with Crippen LogP contribution in [0, 0.1) is 11.7 Å². The summed E-state index contributed by atoms with van der Waals surface area (Å²) in [7, 11) is -3.85. The number of rotatable bonds is 9. The van der Waals surface area contributed by atoms with E-state index in [1.807, 2.05) is 18.2 Å². The summed E-state index contributed by atoms with van der Waals surface area (Å²) < 4.78 is 45.9. The minimum absolute atomic E-state index is 0.0540. The van der Waals surface area contributed by atoms with Crippen LogP contribution in [0.5, 0.6) is 0 Å². The van der Waals surface area contributed by atoms with Crippen LogP contribution in [0.4, 0.5) is 15.8 Å². The molecule has 0 atom stereocenters. The van der Waals surface area contributed by atoms with E-state index in [4.69, 9.17) is 4.74 Å². The minimum atomic E-state index is -3.85. The van der Waals surface area contributed by atoms with E-state index < -0.39 is 15.8 Å². The lowest BCUT2D eigenvalue weighted by Gasteiger charge is -2.10. The fraction of sp³-hybridized carbons (Fsp3) is 0.208. The van der Waals surface area contributed by atoms with Crippen molar-refractivity contribution in [3.8, 4) is 0 Å². The van der Waals surface area contributed by atoms with Crippen LogP contribution in [0.1, 0.15) is 28.8 Å². The summed E-state index contributed by atoms with van der Waals surface area (Å²) in [6.07, 6.45) is 2.48. The number of halogens is 1. The first-order chi connectivity index (χ1) is 15.4. The summed E-state index contributed by atoms with van der Waals surface area (Å²) in [5.74, 6) is -0.134. The molecule has 1 saturated carbocycles. The van der Waals surface area contributed by atoms with Gasteiger partial charge in [0, 0.05) is 23.5 Å². The van der Waals surface area contributed by atoms with Crippen molar-refractivity contribution in [3.63, 3.8) is 0 Å². The summed E-state index contributed by atoms with van der Waals surface area (Å²) in [4.78, 5) is 12.5. The first-order valence-electron chi connectivity index (χ1n) is 10.3. The topological polar surface area (TPSA) is 84.5 Å². The van der Waals surface area contributed by atoms with E-state index in [2.05, 4.69) is 10.0 Å². The quantitative estimate of drug-likeness (QED) is 0.486. The lowest BCUT2D eigenvalue weighted by atomic mass is 10.1. The van der Waals surface area contributed by atoms with E-state index in [1.165, 1.54) is 49.2 Å². The molecule has 0 heterocycles. The molecule has 0 saturated heterocycles. The molecular weight excluding hydrogens is 431 g/mol. The van der Waals surface area contributed by atoms with Crippen LogP contribution in [-0.2, 0) is 21.4 Å². The maximum atomic E-state index is 13.0. The molecule has 1 aliphatic rings. The molecule has 0 bridgehead atoms. The predicted molar refractivity (Wildman–Crippen MR) is 120 cm³/mol. The third kappa shape index (κ3) is 5.93. The average Bonchev–Trinajstić information content (AvgIpc) is 3.59. The lowest BCUT2D eigenvalue weighted by Crippen LogP contribution is -2.14. The van der Waals surface area contributed by atoms with E-state index in [-0.39, 0.29) is 10.8 Å². The first-order valence-corrected chi connectivity index (χ1v) is 11.7. The monoisotopic (exact) mass is 454 g/mol. The standard InChI is InChI=1S/C24H23FN2O4S/c25-20-8-12-23(13-9-20)32(29,30)27-21-10-6-19(7-11-21)24(28)26-22-3-1-2-18(14-22)16-31-15-17-4-5-17/h1-3,6-14,17,27H,4-5,15-16H2,(H,26,28). The van der Waals surface area contributed by atoms with E-state index in [0.717, 1.165) is 24.3 Å². The Balaban J connectivity index is 1.36. The van der Waals surface area contributed by atoms with E-state index >= 15 is 0 Å². The van der Waals surface area contributed by atoms with Crippen LogP contribution < -0.4 is 10.0 Å². The van der Waals surface area contributed by atoms with Crippen molar-refractivity contribution in [1.82, 2.24) is 0 Å². The fourth-order valence-electron chi connectivity index (χ4n) is 3.09. The minimum Gasteiger partial charge on any atom is -0.376 e. The van der Waals surface area contributed by atoms with Gasteiger partial charge in [-0.3, -0.25) is 9.52 Å². The van der Waals surface area contributed by atoms with Crippen molar-refractivity contribution in [2.45, 2.75) is 24.3 Å². The zero-order chi connectivity index (χ0) is 22.6. The SMILES string of the molecule is O=C(Nc1cccc(COCC2CC2)c1)c1ccc(NS(=O)(=O)c2ccc(F)cc2)cc1. The van der Waals surface area contributed by atoms with Crippen molar-refractivity contribution in [2.75, 3.05) is 16.6 Å². The summed E-state index contributed by atoms with van der Waals surface area (Å²) in [6, 6.07) is 18.1. The van der Waals surface area contributed by atoms with Gasteiger partial charge in [-0.1, -0.05) is 12.1 Å². The van der Waals surface area contributed by atoms with Crippen molar-refractivity contribution in [3.05, 3.63) is 89.7 Å². The second-order valence-corrected chi connectivity index (χ2v) is 9.43. The van der Waals surface area contributed by atoms with Gasteiger partial charge in [0.05, 0.1) is 11.5 Å². The van der Waals surface area contributed by atoms with Gasteiger partial charge in [0.25, 0.3) is 15.9 Å². The summed E-state index contributed by atoms with van der Waals surface area (Å²) >= 11 is 0. The molecule has 0 unspecified atom stereocenters. The molecule has 0 radical (unpaired) electrons. The van der Waals surface area contributed by atoms with Crippen LogP contribution in [0.2, 0.25) is 0 Å². The maximum Gasteiger partial charge on any atom is 0.261 e. The number of benzene rings is 3. The molecule has 1 amide bonds. The largest absolute Gasteiger partial charge is 0.376 e. The van der Waals surface area contributed by atoms with E-state index in [1.54, 1.807) is 6.07 Å². The van der Waals surface area contributed by atoms with E-state index in [9.17, 15) is 17.6 Å². The third-order valence-electron chi connectivity index (χ3n) is 5.03. The molecule has 6 nitrogen and oxygen atoms in total. The Morgan fingerprint density at radius 1 is 0.969 bits per heavy atom. The highest BCUT2D eigenvalue weighted by Gasteiger charge is 2.21. The van der Waals surface area contributed by atoms with Crippen molar-refractivity contribution in [1.29, 1.82) is 0 Å². The first kappa shape index (κ1) is 22.0. The van der Waals surface area contributed by atoms with Gasteiger partial charge < -0.3 is 10.1 Å². The molecule has 0 aliphatic heterocycles. The van der Waals surface area contributed by atoms with Crippen LogP contribution in [0.25, 0.3) is 0 Å². The molecule has 1 fully saturated rings. The second kappa shape index (κ2) is 9.50. The highest BCUT2D eigenvalue weighted by atomic mass is 32.2. The summed E-state index contributed by atoms with van der Waals surface area (Å²) in [5, 5.41) is 2.84. The van der Waals surface area contributed by atoms with Gasteiger partial charge >= 0.3 is 0 Å². The van der Waals surface area contributed by atoms with Gasteiger partial charge in [-0.15, -0.1) is 0 Å². The summed E-state index contributed by atoms with van der Waals surface area (Å²) in [6.45, 7) is 1.27. The Kier molecular flexibility index (Phi) is 6.53.